The second-order valence-corrected chi connectivity index (χ2v) is 5.49. The number of aryl methyl sites for hydroxylation is 1. The van der Waals surface area contributed by atoms with Crippen LogP contribution >= 0.6 is 11.6 Å². The van der Waals surface area contributed by atoms with Crippen molar-refractivity contribution < 1.29 is 13.2 Å². The average molecular weight is 356 g/mol. The summed E-state index contributed by atoms with van der Waals surface area (Å²) in [6.07, 6.45) is 0.555. The highest BCUT2D eigenvalue weighted by atomic mass is 35.5. The second kappa shape index (κ2) is 8.24. The predicted molar refractivity (Wildman–Crippen MR) is 89.0 cm³/mol. The lowest BCUT2D eigenvalue weighted by Crippen LogP contribution is -2.01. The van der Waals surface area contributed by atoms with Gasteiger partial charge in [-0.1, -0.05) is 38.5 Å². The van der Waals surface area contributed by atoms with Crippen LogP contribution in [-0.4, -0.2) is 16.2 Å². The van der Waals surface area contributed by atoms with E-state index in [1.165, 1.54) is 18.3 Å². The maximum atomic E-state index is 14.1. The van der Waals surface area contributed by atoms with Crippen molar-refractivity contribution >= 4 is 23.6 Å². The van der Waals surface area contributed by atoms with Crippen molar-refractivity contribution in [3.8, 4) is 0 Å². The van der Waals surface area contributed by atoms with Gasteiger partial charge in [-0.05, 0) is 24.4 Å². The molecule has 0 spiro atoms. The Bertz CT molecular complexity index is 748. The molecule has 0 N–H and O–H groups in total. The summed E-state index contributed by atoms with van der Waals surface area (Å²) < 4.78 is 39.6. The van der Waals surface area contributed by atoms with E-state index in [-0.39, 0.29) is 10.8 Å². The molecule has 2 rings (SSSR count). The second-order valence-electron chi connectivity index (χ2n) is 5.15. The first-order valence-corrected chi connectivity index (χ1v) is 8.01. The van der Waals surface area contributed by atoms with E-state index in [9.17, 15) is 13.2 Å². The Kier molecular flexibility index (Phi) is 6.31. The molecule has 0 atom stereocenters. The lowest BCUT2D eigenvalue weighted by molar-refractivity contribution is 0.146. The molecule has 2 aromatic rings. The third kappa shape index (κ3) is 4.12. The number of nitrogens with zero attached hydrogens (tertiary/aromatic N) is 3. The van der Waals surface area contributed by atoms with E-state index in [2.05, 4.69) is 15.0 Å². The van der Waals surface area contributed by atoms with Crippen molar-refractivity contribution in [2.24, 2.45) is 4.99 Å². The van der Waals surface area contributed by atoms with E-state index in [0.717, 1.165) is 30.2 Å². The molecule has 0 fully saturated rings. The molecule has 24 heavy (non-hydrogen) atoms. The summed E-state index contributed by atoms with van der Waals surface area (Å²) in [6.45, 7) is 3.95. The molecule has 7 heteroatoms. The van der Waals surface area contributed by atoms with Crippen LogP contribution in [0.2, 0.25) is 5.28 Å². The molecular weight excluding hydrogens is 339 g/mol. The SMILES string of the molecule is CCCc1nc(Cl)nc(N=Cc2cccc(C(F)F)c2F)c1CC. The summed E-state index contributed by atoms with van der Waals surface area (Å²) in [4.78, 5) is 12.5. The van der Waals surface area contributed by atoms with Crippen LogP contribution in [0.15, 0.2) is 23.2 Å². The van der Waals surface area contributed by atoms with Crippen LogP contribution in [0.3, 0.4) is 0 Å². The highest BCUT2D eigenvalue weighted by Gasteiger charge is 2.16. The van der Waals surface area contributed by atoms with Gasteiger partial charge in [-0.3, -0.25) is 0 Å². The molecule has 0 amide bonds. The van der Waals surface area contributed by atoms with E-state index in [4.69, 9.17) is 11.6 Å². The zero-order valence-corrected chi connectivity index (χ0v) is 14.1. The average Bonchev–Trinajstić information content (AvgIpc) is 2.53. The zero-order valence-electron chi connectivity index (χ0n) is 13.4. The van der Waals surface area contributed by atoms with E-state index < -0.39 is 17.8 Å². The highest BCUT2D eigenvalue weighted by Crippen LogP contribution is 2.25. The Hall–Kier alpha value is -1.95. The molecule has 0 saturated heterocycles. The number of hydrogen-bond acceptors (Lipinski definition) is 3. The maximum Gasteiger partial charge on any atom is 0.266 e. The smallest absolute Gasteiger partial charge is 0.236 e. The van der Waals surface area contributed by atoms with Gasteiger partial charge in [0, 0.05) is 17.3 Å². The van der Waals surface area contributed by atoms with Crippen LogP contribution in [0.5, 0.6) is 0 Å². The molecule has 0 saturated carbocycles. The van der Waals surface area contributed by atoms with Gasteiger partial charge in [0.05, 0.1) is 11.3 Å². The summed E-state index contributed by atoms with van der Waals surface area (Å²) in [5, 5.41) is 0.0598. The van der Waals surface area contributed by atoms with E-state index in [0.29, 0.717) is 12.2 Å². The molecule has 0 radical (unpaired) electrons. The van der Waals surface area contributed by atoms with Gasteiger partial charge in [0.1, 0.15) is 5.82 Å². The topological polar surface area (TPSA) is 38.1 Å². The van der Waals surface area contributed by atoms with Crippen molar-refractivity contribution in [3.05, 3.63) is 51.7 Å². The molecule has 1 aromatic heterocycles. The Balaban J connectivity index is 2.44. The van der Waals surface area contributed by atoms with Gasteiger partial charge in [-0.15, -0.1) is 0 Å². The van der Waals surface area contributed by atoms with Crippen LogP contribution in [-0.2, 0) is 12.8 Å². The Labute approximate surface area is 143 Å². The monoisotopic (exact) mass is 355 g/mol. The van der Waals surface area contributed by atoms with Crippen molar-refractivity contribution in [2.75, 3.05) is 0 Å². The minimum Gasteiger partial charge on any atom is -0.236 e. The Morgan fingerprint density at radius 3 is 2.62 bits per heavy atom. The lowest BCUT2D eigenvalue weighted by atomic mass is 10.1. The molecular formula is C17H17ClF3N3. The van der Waals surface area contributed by atoms with Gasteiger partial charge in [0.25, 0.3) is 6.43 Å². The highest BCUT2D eigenvalue weighted by molar-refractivity contribution is 6.28. The largest absolute Gasteiger partial charge is 0.266 e. The fraction of sp³-hybridized carbons (Fsp3) is 0.353. The fourth-order valence-electron chi connectivity index (χ4n) is 2.37. The number of hydrogen-bond donors (Lipinski definition) is 0. The van der Waals surface area contributed by atoms with Gasteiger partial charge in [0.15, 0.2) is 5.82 Å². The minimum atomic E-state index is -2.88. The number of alkyl halides is 2. The first-order valence-electron chi connectivity index (χ1n) is 7.63. The number of benzene rings is 1. The van der Waals surface area contributed by atoms with Crippen molar-refractivity contribution in [1.29, 1.82) is 0 Å². The third-order valence-corrected chi connectivity index (χ3v) is 3.67. The quantitative estimate of drug-likeness (QED) is 0.509. The van der Waals surface area contributed by atoms with Crippen molar-refractivity contribution in [3.63, 3.8) is 0 Å². The minimum absolute atomic E-state index is 0.0263. The fourth-order valence-corrected chi connectivity index (χ4v) is 2.55. The molecule has 1 aromatic carbocycles. The first kappa shape index (κ1) is 18.4. The molecule has 1 heterocycles. The van der Waals surface area contributed by atoms with Crippen LogP contribution in [0, 0.1) is 5.82 Å². The molecule has 3 nitrogen and oxygen atoms in total. The van der Waals surface area contributed by atoms with Gasteiger partial charge < -0.3 is 0 Å². The zero-order chi connectivity index (χ0) is 17.7. The van der Waals surface area contributed by atoms with Gasteiger partial charge in [0.2, 0.25) is 5.28 Å². The molecule has 128 valence electrons. The molecule has 0 bridgehead atoms. The predicted octanol–water partition coefficient (Wildman–Crippen LogP) is 5.47. The number of aromatic nitrogens is 2. The van der Waals surface area contributed by atoms with Gasteiger partial charge in [-0.2, -0.15) is 4.98 Å². The van der Waals surface area contributed by atoms with E-state index >= 15 is 0 Å². The van der Waals surface area contributed by atoms with Crippen molar-refractivity contribution in [1.82, 2.24) is 9.97 Å². The van der Waals surface area contributed by atoms with Gasteiger partial charge in [-0.25, -0.2) is 23.1 Å². The molecule has 0 aliphatic carbocycles. The molecule has 0 unspecified atom stereocenters. The van der Waals surface area contributed by atoms with E-state index in [1.54, 1.807) is 0 Å². The number of rotatable bonds is 6. The lowest BCUT2D eigenvalue weighted by Gasteiger charge is -2.09. The molecule has 0 aliphatic heterocycles. The summed E-state index contributed by atoms with van der Waals surface area (Å²) in [7, 11) is 0. The van der Waals surface area contributed by atoms with Crippen LogP contribution in [0.4, 0.5) is 19.0 Å². The number of aliphatic imine (C=N–C) groups is 1. The first-order chi connectivity index (χ1) is 11.5. The maximum absolute atomic E-state index is 14.1. The Morgan fingerprint density at radius 1 is 1.25 bits per heavy atom. The van der Waals surface area contributed by atoms with Crippen LogP contribution in [0.1, 0.15) is 49.1 Å². The summed E-state index contributed by atoms with van der Waals surface area (Å²) >= 11 is 5.93. The summed E-state index contributed by atoms with van der Waals surface area (Å²) in [5.41, 5.74) is 0.945. The number of halogens is 4. The van der Waals surface area contributed by atoms with Crippen molar-refractivity contribution in [2.45, 2.75) is 39.5 Å². The standard InChI is InChI=1S/C17H17ClF3N3/c1-3-6-13-11(4-2)16(24-17(18)23-13)22-9-10-7-5-8-12(14(10)19)15(20)21/h5,7-9,15H,3-4,6H2,1-2H3. The van der Waals surface area contributed by atoms with Crippen LogP contribution < -0.4 is 0 Å². The van der Waals surface area contributed by atoms with Gasteiger partial charge >= 0.3 is 0 Å². The Morgan fingerprint density at radius 2 is 2.00 bits per heavy atom. The van der Waals surface area contributed by atoms with Crippen LogP contribution in [0.25, 0.3) is 0 Å². The summed E-state index contributed by atoms with van der Waals surface area (Å²) in [5.74, 6) is -0.647. The van der Waals surface area contributed by atoms with E-state index in [1.807, 2.05) is 13.8 Å². The third-order valence-electron chi connectivity index (χ3n) is 3.50. The summed E-state index contributed by atoms with van der Waals surface area (Å²) in [6, 6.07) is 3.80. The molecule has 0 aliphatic rings. The normalized spacial score (nSPS) is 11.6.